The number of amides is 2. The molecule has 0 bridgehead atoms. The summed E-state index contributed by atoms with van der Waals surface area (Å²) >= 11 is 1.15. The SMILES string of the molecule is CN1CCN(CCCNC(=O)COCc2nnc(C(=O)Nc3ccccc3)s2)CC1. The number of anilines is 1. The van der Waals surface area contributed by atoms with Crippen LogP contribution in [0.3, 0.4) is 0 Å². The number of likely N-dealkylation sites (N-methyl/N-ethyl adjacent to an activating group) is 1. The van der Waals surface area contributed by atoms with Crippen LogP contribution in [0.2, 0.25) is 0 Å². The lowest BCUT2D eigenvalue weighted by Crippen LogP contribution is -2.45. The summed E-state index contributed by atoms with van der Waals surface area (Å²) in [6.07, 6.45) is 0.922. The number of carbonyl (C=O) groups is 2. The molecule has 1 aliphatic heterocycles. The second-order valence-electron chi connectivity index (χ2n) is 7.16. The molecule has 30 heavy (non-hydrogen) atoms. The van der Waals surface area contributed by atoms with Crippen LogP contribution >= 0.6 is 11.3 Å². The summed E-state index contributed by atoms with van der Waals surface area (Å²) in [6.45, 7) is 6.10. The molecule has 10 heteroatoms. The van der Waals surface area contributed by atoms with Crippen LogP contribution < -0.4 is 10.6 Å². The molecular weight excluding hydrogens is 404 g/mol. The number of piperazine rings is 1. The average molecular weight is 433 g/mol. The fourth-order valence-corrected chi connectivity index (χ4v) is 3.67. The highest BCUT2D eigenvalue weighted by molar-refractivity contribution is 7.13. The fraction of sp³-hybridized carbons (Fsp3) is 0.500. The molecule has 1 aromatic carbocycles. The molecule has 9 nitrogen and oxygen atoms in total. The number of ether oxygens (including phenoxy) is 1. The first-order valence-electron chi connectivity index (χ1n) is 10.0. The minimum atomic E-state index is -0.317. The zero-order valence-electron chi connectivity index (χ0n) is 17.2. The summed E-state index contributed by atoms with van der Waals surface area (Å²) in [7, 11) is 2.14. The second kappa shape index (κ2) is 11.7. The van der Waals surface area contributed by atoms with Crippen molar-refractivity contribution in [2.45, 2.75) is 13.0 Å². The number of nitrogens with one attached hydrogen (secondary N) is 2. The number of hydrogen-bond donors (Lipinski definition) is 2. The van der Waals surface area contributed by atoms with Crippen LogP contribution in [0.5, 0.6) is 0 Å². The maximum absolute atomic E-state index is 12.2. The van der Waals surface area contributed by atoms with Gasteiger partial charge in [-0.3, -0.25) is 9.59 Å². The first-order valence-corrected chi connectivity index (χ1v) is 10.9. The van der Waals surface area contributed by atoms with Gasteiger partial charge >= 0.3 is 0 Å². The number of benzene rings is 1. The van der Waals surface area contributed by atoms with E-state index in [1.165, 1.54) is 0 Å². The maximum atomic E-state index is 12.2. The van der Waals surface area contributed by atoms with Gasteiger partial charge in [-0.15, -0.1) is 10.2 Å². The Balaban J connectivity index is 1.28. The summed E-state index contributed by atoms with van der Waals surface area (Å²) in [6, 6.07) is 9.15. The molecular formula is C20H28N6O3S. The summed E-state index contributed by atoms with van der Waals surface area (Å²) in [5, 5.41) is 14.3. The van der Waals surface area contributed by atoms with Crippen molar-refractivity contribution in [2.75, 3.05) is 58.2 Å². The van der Waals surface area contributed by atoms with Gasteiger partial charge in [0.05, 0.1) is 0 Å². The van der Waals surface area contributed by atoms with Gasteiger partial charge in [0.25, 0.3) is 5.91 Å². The van der Waals surface area contributed by atoms with Gasteiger partial charge in [0.1, 0.15) is 18.2 Å². The summed E-state index contributed by atoms with van der Waals surface area (Å²) in [4.78, 5) is 28.8. The van der Waals surface area contributed by atoms with Crippen molar-refractivity contribution in [3.63, 3.8) is 0 Å². The van der Waals surface area contributed by atoms with Crippen molar-refractivity contribution in [1.29, 1.82) is 0 Å². The van der Waals surface area contributed by atoms with E-state index in [9.17, 15) is 9.59 Å². The highest BCUT2D eigenvalue weighted by Crippen LogP contribution is 2.13. The molecule has 0 atom stereocenters. The zero-order valence-corrected chi connectivity index (χ0v) is 18.0. The van der Waals surface area contributed by atoms with Crippen molar-refractivity contribution in [1.82, 2.24) is 25.3 Å². The smallest absolute Gasteiger partial charge is 0.286 e. The van der Waals surface area contributed by atoms with E-state index in [0.717, 1.165) is 50.5 Å². The van der Waals surface area contributed by atoms with Crippen LogP contribution in [0.4, 0.5) is 5.69 Å². The average Bonchev–Trinajstić information content (AvgIpc) is 3.22. The maximum Gasteiger partial charge on any atom is 0.286 e. The Kier molecular flexibility index (Phi) is 8.69. The second-order valence-corrected chi connectivity index (χ2v) is 8.22. The molecule has 2 N–H and O–H groups in total. The molecule has 1 fully saturated rings. The van der Waals surface area contributed by atoms with E-state index in [4.69, 9.17) is 4.74 Å². The predicted molar refractivity (Wildman–Crippen MR) is 116 cm³/mol. The van der Waals surface area contributed by atoms with Gasteiger partial charge in [0, 0.05) is 38.4 Å². The molecule has 1 saturated heterocycles. The number of carbonyl (C=O) groups excluding carboxylic acids is 2. The van der Waals surface area contributed by atoms with E-state index < -0.39 is 0 Å². The van der Waals surface area contributed by atoms with Crippen LogP contribution in [0.15, 0.2) is 30.3 Å². The molecule has 162 valence electrons. The number of para-hydroxylation sites is 1. The predicted octanol–water partition coefficient (Wildman–Crippen LogP) is 1.06. The number of rotatable bonds is 10. The quantitative estimate of drug-likeness (QED) is 0.542. The lowest BCUT2D eigenvalue weighted by Gasteiger charge is -2.32. The third kappa shape index (κ3) is 7.45. The van der Waals surface area contributed by atoms with E-state index in [2.05, 4.69) is 37.7 Å². The van der Waals surface area contributed by atoms with Gasteiger partial charge in [0.2, 0.25) is 10.9 Å². The van der Waals surface area contributed by atoms with Crippen LogP contribution in [-0.4, -0.2) is 84.7 Å². The minimum Gasteiger partial charge on any atom is -0.364 e. The largest absolute Gasteiger partial charge is 0.364 e. The first-order chi connectivity index (χ1) is 14.6. The zero-order chi connectivity index (χ0) is 21.2. The normalized spacial score (nSPS) is 15.1. The molecule has 2 amide bonds. The third-order valence-electron chi connectivity index (χ3n) is 4.72. The van der Waals surface area contributed by atoms with Crippen molar-refractivity contribution < 1.29 is 14.3 Å². The van der Waals surface area contributed by atoms with Gasteiger partial charge in [-0.25, -0.2) is 0 Å². The van der Waals surface area contributed by atoms with E-state index in [1.807, 2.05) is 18.2 Å². The summed E-state index contributed by atoms with van der Waals surface area (Å²) < 4.78 is 5.40. The minimum absolute atomic E-state index is 0.0420. The van der Waals surface area contributed by atoms with Gasteiger partial charge < -0.3 is 25.2 Å². The highest BCUT2D eigenvalue weighted by Gasteiger charge is 2.14. The molecule has 0 aliphatic carbocycles. The van der Waals surface area contributed by atoms with E-state index in [-0.39, 0.29) is 30.0 Å². The van der Waals surface area contributed by atoms with Crippen molar-refractivity contribution in [3.8, 4) is 0 Å². The van der Waals surface area contributed by atoms with Crippen LogP contribution in [0, 0.1) is 0 Å². The molecule has 0 radical (unpaired) electrons. The van der Waals surface area contributed by atoms with Crippen LogP contribution in [0.1, 0.15) is 21.2 Å². The summed E-state index contributed by atoms with van der Waals surface area (Å²) in [5.41, 5.74) is 0.694. The van der Waals surface area contributed by atoms with Gasteiger partial charge in [-0.05, 0) is 32.1 Å². The lowest BCUT2D eigenvalue weighted by atomic mass is 10.3. The van der Waals surface area contributed by atoms with E-state index >= 15 is 0 Å². The van der Waals surface area contributed by atoms with E-state index in [1.54, 1.807) is 12.1 Å². The Labute approximate surface area is 180 Å². The van der Waals surface area contributed by atoms with E-state index in [0.29, 0.717) is 17.2 Å². The molecule has 1 aliphatic rings. The molecule has 3 rings (SSSR count). The van der Waals surface area contributed by atoms with Gasteiger partial charge in [0.15, 0.2) is 0 Å². The number of hydrogen-bond acceptors (Lipinski definition) is 8. The van der Waals surface area contributed by atoms with Crippen LogP contribution in [0.25, 0.3) is 0 Å². The monoisotopic (exact) mass is 432 g/mol. The molecule has 0 spiro atoms. The molecule has 0 saturated carbocycles. The lowest BCUT2D eigenvalue weighted by molar-refractivity contribution is -0.126. The topological polar surface area (TPSA) is 99.7 Å². The Morgan fingerprint density at radius 2 is 1.90 bits per heavy atom. The van der Waals surface area contributed by atoms with Crippen molar-refractivity contribution in [2.24, 2.45) is 0 Å². The number of nitrogens with zero attached hydrogens (tertiary/aromatic N) is 4. The molecule has 2 heterocycles. The van der Waals surface area contributed by atoms with Crippen molar-refractivity contribution in [3.05, 3.63) is 40.3 Å². The van der Waals surface area contributed by atoms with Crippen molar-refractivity contribution >= 4 is 28.8 Å². The Hall–Kier alpha value is -2.40. The number of aromatic nitrogens is 2. The van der Waals surface area contributed by atoms with Gasteiger partial charge in [-0.2, -0.15) is 0 Å². The standard InChI is InChI=1S/C20H28N6O3S/c1-25-10-12-26(13-11-25)9-5-8-21-17(27)14-29-15-18-23-24-20(30-18)19(28)22-16-6-3-2-4-7-16/h2-4,6-7H,5,8-15H2,1H3,(H,21,27)(H,22,28). The Morgan fingerprint density at radius 3 is 2.67 bits per heavy atom. The first kappa shape index (κ1) is 22.3. The highest BCUT2D eigenvalue weighted by atomic mass is 32.1. The molecule has 1 aromatic heterocycles. The Bertz CT molecular complexity index is 808. The molecule has 0 unspecified atom stereocenters. The molecule has 2 aromatic rings. The summed E-state index contributed by atoms with van der Waals surface area (Å²) in [5.74, 6) is -0.469. The fourth-order valence-electron chi connectivity index (χ4n) is 2.99. The Morgan fingerprint density at radius 1 is 1.13 bits per heavy atom. The van der Waals surface area contributed by atoms with Crippen LogP contribution in [-0.2, 0) is 16.1 Å². The third-order valence-corrected chi connectivity index (χ3v) is 5.62. The van der Waals surface area contributed by atoms with Gasteiger partial charge in [-0.1, -0.05) is 29.5 Å².